The SMILES string of the molecule is Oc1ccc2c(c1)CCN(c1ccc(F)cc1)C2Cc1ccc(-c2ccncc2)cc1. The second-order valence-electron chi connectivity index (χ2n) is 7.96. The Balaban J connectivity index is 1.48. The summed E-state index contributed by atoms with van der Waals surface area (Å²) < 4.78 is 13.5. The number of benzene rings is 3. The van der Waals surface area contributed by atoms with Gasteiger partial charge in [0, 0.05) is 24.6 Å². The van der Waals surface area contributed by atoms with Crippen molar-refractivity contribution in [2.45, 2.75) is 18.9 Å². The van der Waals surface area contributed by atoms with Gasteiger partial charge < -0.3 is 10.0 Å². The molecule has 1 aliphatic rings. The van der Waals surface area contributed by atoms with Gasteiger partial charge in [-0.3, -0.25) is 4.98 Å². The summed E-state index contributed by atoms with van der Waals surface area (Å²) in [6.45, 7) is 0.821. The second kappa shape index (κ2) is 8.23. The number of fused-ring (bicyclic) bond motifs is 1. The molecule has 4 aromatic rings. The maximum atomic E-state index is 13.5. The Hall–Kier alpha value is -3.66. The normalized spacial score (nSPS) is 15.5. The lowest BCUT2D eigenvalue weighted by Crippen LogP contribution is -2.36. The van der Waals surface area contributed by atoms with Crippen molar-refractivity contribution in [1.29, 1.82) is 0 Å². The van der Waals surface area contributed by atoms with Crippen molar-refractivity contribution in [3.63, 3.8) is 0 Å². The molecule has 0 bridgehead atoms. The van der Waals surface area contributed by atoms with E-state index in [9.17, 15) is 9.50 Å². The van der Waals surface area contributed by atoms with E-state index in [0.29, 0.717) is 5.75 Å². The number of rotatable bonds is 4. The standard InChI is InChI=1S/C27H23FN2O/c28-23-5-7-24(8-6-23)30-16-13-22-18-25(31)9-10-26(22)27(30)17-19-1-3-20(4-2-19)21-11-14-29-15-12-21/h1-12,14-15,18,27,31H,13,16-17H2. The molecule has 1 atom stereocenters. The van der Waals surface area contributed by atoms with Crippen molar-refractivity contribution in [1.82, 2.24) is 4.98 Å². The molecule has 0 radical (unpaired) electrons. The van der Waals surface area contributed by atoms with Gasteiger partial charge >= 0.3 is 0 Å². The van der Waals surface area contributed by atoms with E-state index in [2.05, 4.69) is 34.1 Å². The zero-order valence-corrected chi connectivity index (χ0v) is 17.1. The highest BCUT2D eigenvalue weighted by Gasteiger charge is 2.28. The van der Waals surface area contributed by atoms with Crippen LogP contribution in [0.4, 0.5) is 10.1 Å². The van der Waals surface area contributed by atoms with Gasteiger partial charge in [0.2, 0.25) is 0 Å². The van der Waals surface area contributed by atoms with Crippen LogP contribution in [-0.4, -0.2) is 16.6 Å². The molecule has 4 heteroatoms. The summed E-state index contributed by atoms with van der Waals surface area (Å²) in [5.74, 6) is 0.0729. The van der Waals surface area contributed by atoms with Crippen LogP contribution in [0.2, 0.25) is 0 Å². The van der Waals surface area contributed by atoms with E-state index in [1.54, 1.807) is 18.5 Å². The molecule has 0 aliphatic carbocycles. The van der Waals surface area contributed by atoms with Crippen LogP contribution in [0, 0.1) is 5.82 Å². The molecule has 0 amide bonds. The smallest absolute Gasteiger partial charge is 0.123 e. The number of halogens is 1. The van der Waals surface area contributed by atoms with E-state index < -0.39 is 0 Å². The summed E-state index contributed by atoms with van der Waals surface area (Å²) in [6.07, 6.45) is 5.28. The molecule has 31 heavy (non-hydrogen) atoms. The number of phenolic OH excluding ortho intramolecular Hbond substituents is 1. The van der Waals surface area contributed by atoms with Gasteiger partial charge in [0.15, 0.2) is 0 Å². The molecular formula is C27H23FN2O. The first-order chi connectivity index (χ1) is 15.2. The first-order valence-corrected chi connectivity index (χ1v) is 10.5. The van der Waals surface area contributed by atoms with Crippen molar-refractivity contribution in [3.05, 3.63) is 114 Å². The highest BCUT2D eigenvalue weighted by Crippen LogP contribution is 2.37. The van der Waals surface area contributed by atoms with E-state index in [4.69, 9.17) is 0 Å². The Kier molecular flexibility index (Phi) is 5.13. The average Bonchev–Trinajstić information content (AvgIpc) is 2.81. The lowest BCUT2D eigenvalue weighted by molar-refractivity contribution is 0.472. The zero-order valence-electron chi connectivity index (χ0n) is 17.1. The molecule has 3 nitrogen and oxygen atoms in total. The number of nitrogens with zero attached hydrogens (tertiary/aromatic N) is 2. The summed E-state index contributed by atoms with van der Waals surface area (Å²) in [4.78, 5) is 6.43. The predicted octanol–water partition coefficient (Wildman–Crippen LogP) is 5.94. The van der Waals surface area contributed by atoms with E-state index >= 15 is 0 Å². The molecule has 1 aliphatic heterocycles. The van der Waals surface area contributed by atoms with Crippen LogP contribution in [0.15, 0.2) is 91.3 Å². The lowest BCUT2D eigenvalue weighted by Gasteiger charge is -2.39. The number of hydrogen-bond donors (Lipinski definition) is 1. The van der Waals surface area contributed by atoms with Gasteiger partial charge in [-0.05, 0) is 89.2 Å². The number of phenols is 1. The van der Waals surface area contributed by atoms with Crippen LogP contribution < -0.4 is 4.90 Å². The largest absolute Gasteiger partial charge is 0.508 e. The van der Waals surface area contributed by atoms with Gasteiger partial charge in [0.25, 0.3) is 0 Å². The topological polar surface area (TPSA) is 36.4 Å². The van der Waals surface area contributed by atoms with Crippen LogP contribution in [-0.2, 0) is 12.8 Å². The molecule has 0 saturated heterocycles. The molecule has 3 aromatic carbocycles. The summed E-state index contributed by atoms with van der Waals surface area (Å²) in [6, 6.07) is 25.2. The first-order valence-electron chi connectivity index (χ1n) is 10.5. The highest BCUT2D eigenvalue weighted by atomic mass is 19.1. The van der Waals surface area contributed by atoms with Crippen molar-refractivity contribution >= 4 is 5.69 Å². The number of aromatic nitrogens is 1. The molecule has 5 rings (SSSR count). The Morgan fingerprint density at radius 3 is 2.32 bits per heavy atom. The Morgan fingerprint density at radius 2 is 1.58 bits per heavy atom. The fraction of sp³-hybridized carbons (Fsp3) is 0.148. The Morgan fingerprint density at radius 1 is 0.871 bits per heavy atom. The first kappa shape index (κ1) is 19.3. The number of aromatic hydroxyl groups is 1. The van der Waals surface area contributed by atoms with Crippen LogP contribution >= 0.6 is 0 Å². The molecule has 1 N–H and O–H groups in total. The van der Waals surface area contributed by atoms with Crippen molar-refractivity contribution in [2.75, 3.05) is 11.4 Å². The van der Waals surface area contributed by atoms with E-state index in [1.807, 2.05) is 36.4 Å². The number of hydrogen-bond acceptors (Lipinski definition) is 3. The summed E-state index contributed by atoms with van der Waals surface area (Å²) in [7, 11) is 0. The van der Waals surface area contributed by atoms with Gasteiger partial charge in [-0.2, -0.15) is 0 Å². The molecule has 0 saturated carbocycles. The molecular weight excluding hydrogens is 387 g/mol. The minimum absolute atomic E-state index is 0.113. The maximum absolute atomic E-state index is 13.5. The van der Waals surface area contributed by atoms with E-state index in [1.165, 1.54) is 28.8 Å². The maximum Gasteiger partial charge on any atom is 0.123 e. The third-order valence-electron chi connectivity index (χ3n) is 6.04. The molecule has 2 heterocycles. The van der Waals surface area contributed by atoms with Crippen LogP contribution in [0.5, 0.6) is 5.75 Å². The number of pyridine rings is 1. The fourth-order valence-electron chi connectivity index (χ4n) is 4.46. The van der Waals surface area contributed by atoms with Crippen LogP contribution in [0.25, 0.3) is 11.1 Å². The second-order valence-corrected chi connectivity index (χ2v) is 7.96. The molecule has 154 valence electrons. The monoisotopic (exact) mass is 410 g/mol. The van der Waals surface area contributed by atoms with E-state index in [0.717, 1.165) is 36.2 Å². The van der Waals surface area contributed by atoms with Crippen molar-refractivity contribution in [3.8, 4) is 16.9 Å². The highest BCUT2D eigenvalue weighted by molar-refractivity contribution is 5.63. The summed E-state index contributed by atoms with van der Waals surface area (Å²) in [5, 5.41) is 9.96. The van der Waals surface area contributed by atoms with Crippen LogP contribution in [0.3, 0.4) is 0 Å². The molecule has 0 fully saturated rings. The zero-order chi connectivity index (χ0) is 21.2. The van der Waals surface area contributed by atoms with Gasteiger partial charge in [0.05, 0.1) is 6.04 Å². The third kappa shape index (κ3) is 4.02. The quantitative estimate of drug-likeness (QED) is 0.452. The Labute approximate surface area is 181 Å². The van der Waals surface area contributed by atoms with Gasteiger partial charge in [-0.1, -0.05) is 30.3 Å². The van der Waals surface area contributed by atoms with Gasteiger partial charge in [-0.15, -0.1) is 0 Å². The molecule has 0 spiro atoms. The average molecular weight is 410 g/mol. The van der Waals surface area contributed by atoms with Crippen molar-refractivity contribution in [2.24, 2.45) is 0 Å². The minimum Gasteiger partial charge on any atom is -0.508 e. The number of anilines is 1. The van der Waals surface area contributed by atoms with Crippen LogP contribution in [0.1, 0.15) is 22.7 Å². The van der Waals surface area contributed by atoms with Gasteiger partial charge in [0.1, 0.15) is 11.6 Å². The van der Waals surface area contributed by atoms with Gasteiger partial charge in [-0.25, -0.2) is 4.39 Å². The molecule has 1 aromatic heterocycles. The molecule has 1 unspecified atom stereocenters. The third-order valence-corrected chi connectivity index (χ3v) is 6.04. The Bertz CT molecular complexity index is 1170. The summed E-state index contributed by atoms with van der Waals surface area (Å²) in [5.41, 5.74) is 6.95. The predicted molar refractivity (Wildman–Crippen MR) is 122 cm³/mol. The van der Waals surface area contributed by atoms with Crippen molar-refractivity contribution < 1.29 is 9.50 Å². The summed E-state index contributed by atoms with van der Waals surface area (Å²) >= 11 is 0. The minimum atomic E-state index is -0.227. The fourth-order valence-corrected chi connectivity index (χ4v) is 4.46. The lowest BCUT2D eigenvalue weighted by atomic mass is 9.87. The van der Waals surface area contributed by atoms with E-state index in [-0.39, 0.29) is 11.9 Å².